The second-order valence-corrected chi connectivity index (χ2v) is 6.70. The Bertz CT molecular complexity index is 1230. The number of benzene rings is 4. The van der Waals surface area contributed by atoms with Crippen molar-refractivity contribution in [2.75, 3.05) is 0 Å². The monoisotopic (exact) mass is 333 g/mol. The molecule has 0 radical (unpaired) electrons. The third-order valence-electron chi connectivity index (χ3n) is 5.14. The first-order chi connectivity index (χ1) is 12.8. The van der Waals surface area contributed by atoms with Gasteiger partial charge in [0, 0.05) is 16.5 Å². The first-order valence-electron chi connectivity index (χ1n) is 8.98. The predicted octanol–water partition coefficient (Wildman–Crippen LogP) is 6.76. The van der Waals surface area contributed by atoms with Crippen molar-refractivity contribution in [3.8, 4) is 16.8 Å². The molecule has 0 aliphatic heterocycles. The summed E-state index contributed by atoms with van der Waals surface area (Å²) in [6.45, 7) is 2.18. The fourth-order valence-corrected chi connectivity index (χ4v) is 3.95. The van der Waals surface area contributed by atoms with E-state index in [1.54, 1.807) is 0 Å². The van der Waals surface area contributed by atoms with Gasteiger partial charge in [0.2, 0.25) is 0 Å². The lowest BCUT2D eigenvalue weighted by molar-refractivity contribution is 1.15. The van der Waals surface area contributed by atoms with Gasteiger partial charge in [0.25, 0.3) is 0 Å². The van der Waals surface area contributed by atoms with Crippen LogP contribution in [0, 0.1) is 6.92 Å². The third-order valence-corrected chi connectivity index (χ3v) is 5.14. The number of nitrogens with zero attached hydrogens (tertiary/aromatic N) is 1. The molecule has 4 aromatic carbocycles. The summed E-state index contributed by atoms with van der Waals surface area (Å²) in [5, 5.41) is 2.61. The number of fused-ring (bicyclic) bond motifs is 3. The van der Waals surface area contributed by atoms with Crippen LogP contribution in [0.15, 0.2) is 97.1 Å². The number of para-hydroxylation sites is 2. The fourth-order valence-electron chi connectivity index (χ4n) is 3.95. The molecular formula is C25H19N. The molecule has 26 heavy (non-hydrogen) atoms. The van der Waals surface area contributed by atoms with Gasteiger partial charge >= 0.3 is 0 Å². The zero-order valence-corrected chi connectivity index (χ0v) is 14.7. The maximum atomic E-state index is 2.40. The molecule has 0 atom stereocenters. The summed E-state index contributed by atoms with van der Waals surface area (Å²) >= 11 is 0. The summed E-state index contributed by atoms with van der Waals surface area (Å²) < 4.78 is 2.40. The minimum atomic E-state index is 1.24. The minimum absolute atomic E-state index is 1.24. The van der Waals surface area contributed by atoms with E-state index in [1.807, 2.05) is 0 Å². The van der Waals surface area contributed by atoms with Gasteiger partial charge in [-0.2, -0.15) is 0 Å². The van der Waals surface area contributed by atoms with Crippen LogP contribution in [0.5, 0.6) is 0 Å². The van der Waals surface area contributed by atoms with Gasteiger partial charge in [-0.1, -0.05) is 78.9 Å². The van der Waals surface area contributed by atoms with Gasteiger partial charge in [0.15, 0.2) is 0 Å². The van der Waals surface area contributed by atoms with Crippen LogP contribution in [0.25, 0.3) is 38.6 Å². The summed E-state index contributed by atoms with van der Waals surface area (Å²) in [7, 11) is 0. The fraction of sp³-hybridized carbons (Fsp3) is 0.0400. The Kier molecular flexibility index (Phi) is 3.39. The SMILES string of the molecule is Cc1ccccc1-n1c2ccccc2c2c(-c3ccccc3)cccc21. The van der Waals surface area contributed by atoms with Gasteiger partial charge in [-0.25, -0.2) is 0 Å². The van der Waals surface area contributed by atoms with Crippen LogP contribution in [0.1, 0.15) is 5.56 Å². The van der Waals surface area contributed by atoms with E-state index in [2.05, 4.69) is 109 Å². The molecule has 0 aliphatic carbocycles. The van der Waals surface area contributed by atoms with Crippen LogP contribution in [-0.4, -0.2) is 4.57 Å². The van der Waals surface area contributed by atoms with Crippen molar-refractivity contribution in [2.24, 2.45) is 0 Å². The molecule has 0 amide bonds. The molecule has 5 aromatic rings. The van der Waals surface area contributed by atoms with Crippen LogP contribution >= 0.6 is 0 Å². The first-order valence-corrected chi connectivity index (χ1v) is 8.98. The van der Waals surface area contributed by atoms with Gasteiger partial charge in [0.1, 0.15) is 0 Å². The molecule has 1 heteroatoms. The van der Waals surface area contributed by atoms with Gasteiger partial charge in [0.05, 0.1) is 11.0 Å². The Morgan fingerprint density at radius 1 is 0.577 bits per heavy atom. The largest absolute Gasteiger partial charge is 0.309 e. The van der Waals surface area contributed by atoms with E-state index >= 15 is 0 Å². The average Bonchev–Trinajstić information content (AvgIpc) is 3.04. The molecule has 0 saturated carbocycles. The average molecular weight is 333 g/mol. The van der Waals surface area contributed by atoms with Gasteiger partial charge in [-0.15, -0.1) is 0 Å². The molecule has 124 valence electrons. The Balaban J connectivity index is 1.97. The Labute approximate surface area is 153 Å². The molecule has 0 bridgehead atoms. The van der Waals surface area contributed by atoms with Crippen molar-refractivity contribution in [2.45, 2.75) is 6.92 Å². The standard InChI is InChI=1S/C25H19N/c1-18-10-5-7-15-22(18)26-23-16-8-6-13-21(23)25-20(14-9-17-24(25)26)19-11-3-2-4-12-19/h2-17H,1H3. The van der Waals surface area contributed by atoms with Crippen LogP contribution < -0.4 is 0 Å². The number of rotatable bonds is 2. The van der Waals surface area contributed by atoms with E-state index in [1.165, 1.54) is 44.2 Å². The zero-order valence-electron chi connectivity index (χ0n) is 14.7. The number of aromatic nitrogens is 1. The van der Waals surface area contributed by atoms with Crippen molar-refractivity contribution in [3.63, 3.8) is 0 Å². The normalized spacial score (nSPS) is 11.3. The maximum absolute atomic E-state index is 2.40. The lowest BCUT2D eigenvalue weighted by Crippen LogP contribution is -1.96. The summed E-state index contributed by atoms with van der Waals surface area (Å²) in [5.41, 5.74) is 7.56. The quantitative estimate of drug-likeness (QED) is 0.336. The Morgan fingerprint density at radius 3 is 2.12 bits per heavy atom. The highest BCUT2D eigenvalue weighted by Gasteiger charge is 2.16. The molecule has 1 nitrogen and oxygen atoms in total. The Hall–Kier alpha value is -3.32. The van der Waals surface area contributed by atoms with E-state index < -0.39 is 0 Å². The maximum Gasteiger partial charge on any atom is 0.0547 e. The summed E-state index contributed by atoms with van der Waals surface area (Å²) in [4.78, 5) is 0. The molecule has 0 spiro atoms. The second-order valence-electron chi connectivity index (χ2n) is 6.70. The number of aryl methyl sites for hydroxylation is 1. The van der Waals surface area contributed by atoms with E-state index in [9.17, 15) is 0 Å². The first kappa shape index (κ1) is 15.0. The smallest absolute Gasteiger partial charge is 0.0547 e. The van der Waals surface area contributed by atoms with Gasteiger partial charge < -0.3 is 4.57 Å². The van der Waals surface area contributed by atoms with E-state index in [4.69, 9.17) is 0 Å². The highest BCUT2D eigenvalue weighted by Crippen LogP contribution is 2.38. The van der Waals surface area contributed by atoms with Crippen molar-refractivity contribution in [1.82, 2.24) is 4.57 Å². The van der Waals surface area contributed by atoms with E-state index in [0.29, 0.717) is 0 Å². The van der Waals surface area contributed by atoms with Gasteiger partial charge in [-0.05, 0) is 41.8 Å². The highest BCUT2D eigenvalue weighted by molar-refractivity contribution is 6.15. The highest BCUT2D eigenvalue weighted by atomic mass is 15.0. The van der Waals surface area contributed by atoms with Crippen LogP contribution in [0.2, 0.25) is 0 Å². The summed E-state index contributed by atoms with van der Waals surface area (Å²) in [6, 6.07) is 34.6. The summed E-state index contributed by atoms with van der Waals surface area (Å²) in [5.74, 6) is 0. The molecule has 5 rings (SSSR count). The van der Waals surface area contributed by atoms with Crippen LogP contribution in [-0.2, 0) is 0 Å². The molecule has 0 fully saturated rings. The van der Waals surface area contributed by atoms with Crippen LogP contribution in [0.4, 0.5) is 0 Å². The molecule has 0 aliphatic rings. The second kappa shape index (κ2) is 5.89. The molecule has 1 aromatic heterocycles. The lowest BCUT2D eigenvalue weighted by Gasteiger charge is -2.11. The van der Waals surface area contributed by atoms with Crippen molar-refractivity contribution in [1.29, 1.82) is 0 Å². The molecule has 1 heterocycles. The van der Waals surface area contributed by atoms with Crippen molar-refractivity contribution >= 4 is 21.8 Å². The zero-order chi connectivity index (χ0) is 17.5. The molecule has 0 N–H and O–H groups in total. The minimum Gasteiger partial charge on any atom is -0.309 e. The lowest BCUT2D eigenvalue weighted by atomic mass is 9.99. The third kappa shape index (κ3) is 2.18. The summed E-state index contributed by atoms with van der Waals surface area (Å²) in [6.07, 6.45) is 0. The number of hydrogen-bond acceptors (Lipinski definition) is 0. The topological polar surface area (TPSA) is 4.93 Å². The van der Waals surface area contributed by atoms with E-state index in [0.717, 1.165) is 0 Å². The van der Waals surface area contributed by atoms with Crippen molar-refractivity contribution in [3.05, 3.63) is 103 Å². The molecule has 0 saturated heterocycles. The van der Waals surface area contributed by atoms with Gasteiger partial charge in [-0.3, -0.25) is 0 Å². The predicted molar refractivity (Wildman–Crippen MR) is 111 cm³/mol. The number of hydrogen-bond donors (Lipinski definition) is 0. The van der Waals surface area contributed by atoms with Crippen LogP contribution in [0.3, 0.4) is 0 Å². The molecule has 0 unspecified atom stereocenters. The van der Waals surface area contributed by atoms with Crippen molar-refractivity contribution < 1.29 is 0 Å². The van der Waals surface area contributed by atoms with E-state index in [-0.39, 0.29) is 0 Å². The molecular weight excluding hydrogens is 314 g/mol. The Morgan fingerprint density at radius 2 is 1.27 bits per heavy atom.